The van der Waals surface area contributed by atoms with Crippen molar-refractivity contribution in [3.05, 3.63) is 11.7 Å². The Bertz CT molecular complexity index is 399. The minimum absolute atomic E-state index is 0.124. The minimum Gasteiger partial charge on any atom is -0.356 e. The molecule has 0 saturated carbocycles. The van der Waals surface area contributed by atoms with Gasteiger partial charge in [-0.2, -0.15) is 4.98 Å². The Morgan fingerprint density at radius 1 is 1.47 bits per heavy atom. The molecular weight excluding hydrogens is 244 g/mol. The van der Waals surface area contributed by atoms with Crippen LogP contribution in [-0.2, 0) is 11.2 Å². The van der Waals surface area contributed by atoms with Gasteiger partial charge in [-0.3, -0.25) is 4.79 Å². The van der Waals surface area contributed by atoms with E-state index in [1.54, 1.807) is 6.92 Å². The van der Waals surface area contributed by atoms with Gasteiger partial charge in [-0.1, -0.05) is 5.16 Å². The molecule has 0 atom stereocenters. The zero-order chi connectivity index (χ0) is 13.5. The van der Waals surface area contributed by atoms with Crippen LogP contribution in [0.2, 0.25) is 0 Å². The predicted molar refractivity (Wildman–Crippen MR) is 70.6 cm³/mol. The molecule has 2 heterocycles. The third-order valence-electron chi connectivity index (χ3n) is 3.48. The van der Waals surface area contributed by atoms with Crippen LogP contribution in [0.15, 0.2) is 4.52 Å². The first kappa shape index (κ1) is 14.0. The van der Waals surface area contributed by atoms with Crippen molar-refractivity contribution in [1.29, 1.82) is 0 Å². The van der Waals surface area contributed by atoms with Gasteiger partial charge in [0.25, 0.3) is 0 Å². The first-order valence-electron chi connectivity index (χ1n) is 7.00. The third kappa shape index (κ3) is 4.98. The average Bonchev–Trinajstić information content (AvgIpc) is 2.83. The number of rotatable bonds is 6. The van der Waals surface area contributed by atoms with E-state index < -0.39 is 0 Å². The molecule has 0 spiro atoms. The van der Waals surface area contributed by atoms with Gasteiger partial charge in [-0.25, -0.2) is 0 Å². The van der Waals surface area contributed by atoms with E-state index in [4.69, 9.17) is 4.52 Å². The summed E-state index contributed by atoms with van der Waals surface area (Å²) in [4.78, 5) is 15.8. The number of carbonyl (C=O) groups is 1. The van der Waals surface area contributed by atoms with E-state index in [2.05, 4.69) is 20.8 Å². The van der Waals surface area contributed by atoms with Crippen molar-refractivity contribution >= 4 is 5.91 Å². The van der Waals surface area contributed by atoms with Crippen LogP contribution in [0.1, 0.15) is 37.4 Å². The molecule has 19 heavy (non-hydrogen) atoms. The van der Waals surface area contributed by atoms with Crippen molar-refractivity contribution in [2.75, 3.05) is 19.6 Å². The van der Waals surface area contributed by atoms with Crippen molar-refractivity contribution in [2.45, 2.75) is 39.0 Å². The molecule has 106 valence electrons. The van der Waals surface area contributed by atoms with E-state index in [1.807, 2.05) is 0 Å². The van der Waals surface area contributed by atoms with Crippen molar-refractivity contribution < 1.29 is 9.32 Å². The highest BCUT2D eigenvalue weighted by atomic mass is 16.5. The zero-order valence-corrected chi connectivity index (χ0v) is 11.4. The number of hydrogen-bond donors (Lipinski definition) is 2. The second-order valence-electron chi connectivity index (χ2n) is 5.06. The summed E-state index contributed by atoms with van der Waals surface area (Å²) >= 11 is 0. The Labute approximate surface area is 113 Å². The van der Waals surface area contributed by atoms with Crippen LogP contribution < -0.4 is 10.6 Å². The first-order valence-corrected chi connectivity index (χ1v) is 7.00. The standard InChI is InChI=1S/C13H22N4O2/c1-10-16-12(17-19-10)6-9-15-13(18)3-2-11-4-7-14-8-5-11/h11,14H,2-9H2,1H3,(H,15,18). The van der Waals surface area contributed by atoms with Crippen LogP contribution in [0.5, 0.6) is 0 Å². The Hall–Kier alpha value is -1.43. The maximum absolute atomic E-state index is 11.7. The lowest BCUT2D eigenvalue weighted by atomic mass is 9.93. The molecule has 1 saturated heterocycles. The van der Waals surface area contributed by atoms with Crippen molar-refractivity contribution in [2.24, 2.45) is 5.92 Å². The molecule has 0 unspecified atom stereocenters. The summed E-state index contributed by atoms with van der Waals surface area (Å²) < 4.78 is 4.87. The average molecular weight is 266 g/mol. The summed E-state index contributed by atoms with van der Waals surface area (Å²) in [7, 11) is 0. The van der Waals surface area contributed by atoms with Gasteiger partial charge in [-0.05, 0) is 38.3 Å². The highest BCUT2D eigenvalue weighted by molar-refractivity contribution is 5.75. The molecule has 1 aromatic rings. The molecule has 1 aliphatic heterocycles. The van der Waals surface area contributed by atoms with Crippen LogP contribution >= 0.6 is 0 Å². The van der Waals surface area contributed by atoms with Crippen LogP contribution in [0.25, 0.3) is 0 Å². The lowest BCUT2D eigenvalue weighted by Gasteiger charge is -2.22. The molecule has 2 rings (SSSR count). The Balaban J connectivity index is 1.56. The SMILES string of the molecule is Cc1nc(CCNC(=O)CCC2CCNCC2)no1. The van der Waals surface area contributed by atoms with Crippen LogP contribution in [-0.4, -0.2) is 35.7 Å². The number of aromatic nitrogens is 2. The maximum Gasteiger partial charge on any atom is 0.223 e. The van der Waals surface area contributed by atoms with Crippen molar-refractivity contribution in [3.8, 4) is 0 Å². The summed E-state index contributed by atoms with van der Waals surface area (Å²) in [5, 5.41) is 10.0. The predicted octanol–water partition coefficient (Wildman–Crippen LogP) is 0.817. The number of carbonyl (C=O) groups excluding carboxylic acids is 1. The molecule has 1 aliphatic rings. The van der Waals surface area contributed by atoms with E-state index in [0.29, 0.717) is 37.0 Å². The largest absolute Gasteiger partial charge is 0.356 e. The van der Waals surface area contributed by atoms with Gasteiger partial charge in [0, 0.05) is 26.3 Å². The Morgan fingerprint density at radius 3 is 2.95 bits per heavy atom. The van der Waals surface area contributed by atoms with Crippen LogP contribution in [0, 0.1) is 12.8 Å². The smallest absolute Gasteiger partial charge is 0.223 e. The van der Waals surface area contributed by atoms with Crippen LogP contribution in [0.4, 0.5) is 0 Å². The monoisotopic (exact) mass is 266 g/mol. The van der Waals surface area contributed by atoms with E-state index in [9.17, 15) is 4.79 Å². The lowest BCUT2D eigenvalue weighted by molar-refractivity contribution is -0.121. The normalized spacial score (nSPS) is 16.5. The second-order valence-corrected chi connectivity index (χ2v) is 5.06. The molecule has 0 aliphatic carbocycles. The van der Waals surface area contributed by atoms with Gasteiger partial charge in [-0.15, -0.1) is 0 Å². The van der Waals surface area contributed by atoms with Gasteiger partial charge < -0.3 is 15.2 Å². The van der Waals surface area contributed by atoms with Gasteiger partial charge in [0.1, 0.15) is 0 Å². The number of piperidine rings is 1. The highest BCUT2D eigenvalue weighted by Crippen LogP contribution is 2.17. The fourth-order valence-corrected chi connectivity index (χ4v) is 2.35. The Kier molecular flexibility index (Phi) is 5.32. The summed E-state index contributed by atoms with van der Waals surface area (Å²) in [6, 6.07) is 0. The number of nitrogens with one attached hydrogen (secondary N) is 2. The molecule has 0 bridgehead atoms. The van der Waals surface area contributed by atoms with Gasteiger partial charge in [0.2, 0.25) is 11.8 Å². The molecule has 1 amide bonds. The number of nitrogens with zero attached hydrogens (tertiary/aromatic N) is 2. The van der Waals surface area contributed by atoms with E-state index in [-0.39, 0.29) is 5.91 Å². The van der Waals surface area contributed by atoms with Crippen LogP contribution in [0.3, 0.4) is 0 Å². The van der Waals surface area contributed by atoms with Crippen molar-refractivity contribution in [3.63, 3.8) is 0 Å². The minimum atomic E-state index is 0.124. The molecule has 0 aromatic carbocycles. The molecule has 1 fully saturated rings. The summed E-state index contributed by atoms with van der Waals surface area (Å²) in [6.07, 6.45) is 4.62. The quantitative estimate of drug-likeness (QED) is 0.796. The van der Waals surface area contributed by atoms with Crippen molar-refractivity contribution in [1.82, 2.24) is 20.8 Å². The molecule has 1 aromatic heterocycles. The molecule has 2 N–H and O–H groups in total. The first-order chi connectivity index (χ1) is 9.24. The molecule has 6 heteroatoms. The van der Waals surface area contributed by atoms with E-state index in [0.717, 1.165) is 19.5 Å². The van der Waals surface area contributed by atoms with Gasteiger partial charge in [0.05, 0.1) is 0 Å². The fourth-order valence-electron chi connectivity index (χ4n) is 2.35. The number of aryl methyl sites for hydroxylation is 1. The third-order valence-corrected chi connectivity index (χ3v) is 3.48. The van der Waals surface area contributed by atoms with E-state index in [1.165, 1.54) is 12.8 Å². The lowest BCUT2D eigenvalue weighted by Crippen LogP contribution is -2.30. The molecule has 0 radical (unpaired) electrons. The van der Waals surface area contributed by atoms with E-state index >= 15 is 0 Å². The Morgan fingerprint density at radius 2 is 2.26 bits per heavy atom. The maximum atomic E-state index is 11.7. The number of hydrogen-bond acceptors (Lipinski definition) is 5. The fraction of sp³-hybridized carbons (Fsp3) is 0.769. The summed E-state index contributed by atoms with van der Waals surface area (Å²) in [5.74, 6) is 2.04. The van der Waals surface area contributed by atoms with Gasteiger partial charge >= 0.3 is 0 Å². The summed E-state index contributed by atoms with van der Waals surface area (Å²) in [6.45, 7) is 4.51. The van der Waals surface area contributed by atoms with Gasteiger partial charge in [0.15, 0.2) is 5.82 Å². The summed E-state index contributed by atoms with van der Waals surface area (Å²) in [5.41, 5.74) is 0. The molecular formula is C13H22N4O2. The second kappa shape index (κ2) is 7.23. The molecule has 6 nitrogen and oxygen atoms in total. The highest BCUT2D eigenvalue weighted by Gasteiger charge is 2.14. The zero-order valence-electron chi connectivity index (χ0n) is 11.4. The number of amides is 1. The topological polar surface area (TPSA) is 80.0 Å².